The van der Waals surface area contributed by atoms with E-state index in [0.717, 1.165) is 5.56 Å². The van der Waals surface area contributed by atoms with Crippen molar-refractivity contribution in [3.8, 4) is 11.5 Å². The zero-order valence-corrected chi connectivity index (χ0v) is 11.3. The molecule has 0 aliphatic heterocycles. The van der Waals surface area contributed by atoms with Crippen molar-refractivity contribution in [2.24, 2.45) is 5.73 Å². The van der Waals surface area contributed by atoms with Crippen molar-refractivity contribution in [2.45, 2.75) is 19.4 Å². The van der Waals surface area contributed by atoms with Gasteiger partial charge in [0.1, 0.15) is 5.75 Å². The van der Waals surface area contributed by atoms with E-state index in [1.54, 1.807) is 25.1 Å². The monoisotopic (exact) mass is 275 g/mol. The number of rotatable bonds is 5. The Hall–Kier alpha value is -1.91. The van der Waals surface area contributed by atoms with E-state index >= 15 is 0 Å². The zero-order valence-electron chi connectivity index (χ0n) is 11.3. The average Bonchev–Trinajstić information content (AvgIpc) is 2.43. The quantitative estimate of drug-likeness (QED) is 0.881. The molecule has 0 aliphatic carbocycles. The highest BCUT2D eigenvalue weighted by Crippen LogP contribution is 2.33. The molecule has 3 nitrogen and oxygen atoms in total. The number of ether oxygens (including phenoxy) is 1. The summed E-state index contributed by atoms with van der Waals surface area (Å²) in [6, 6.07) is 11.6. The molecule has 2 aromatic carbocycles. The fourth-order valence-corrected chi connectivity index (χ4v) is 2.03. The van der Waals surface area contributed by atoms with Gasteiger partial charge in [0.2, 0.25) is 0 Å². The topological polar surface area (TPSA) is 55.5 Å². The maximum absolute atomic E-state index is 14.0. The van der Waals surface area contributed by atoms with E-state index in [1.165, 1.54) is 6.07 Å². The van der Waals surface area contributed by atoms with Crippen molar-refractivity contribution >= 4 is 0 Å². The molecule has 0 saturated heterocycles. The summed E-state index contributed by atoms with van der Waals surface area (Å²) in [7, 11) is 0. The van der Waals surface area contributed by atoms with Gasteiger partial charge in [-0.05, 0) is 31.0 Å². The number of hydrogen-bond donors (Lipinski definition) is 2. The minimum Gasteiger partial charge on any atom is -0.454 e. The standard InChI is InChI=1S/C16H18FNO2/c1-11(18)13-6-4-7-14(17)16(13)20-15-8-3-2-5-12(15)9-10-19/h2-8,11,19H,9-10,18H2,1H3/t11-/m0/s1. The Labute approximate surface area is 117 Å². The Morgan fingerprint density at radius 1 is 1.20 bits per heavy atom. The molecular formula is C16H18FNO2. The molecule has 0 saturated carbocycles. The largest absolute Gasteiger partial charge is 0.454 e. The fraction of sp³-hybridized carbons (Fsp3) is 0.250. The summed E-state index contributed by atoms with van der Waals surface area (Å²) < 4.78 is 19.7. The molecule has 2 aromatic rings. The minimum atomic E-state index is -0.446. The molecule has 0 aromatic heterocycles. The second-order valence-electron chi connectivity index (χ2n) is 4.63. The molecule has 0 bridgehead atoms. The summed E-state index contributed by atoms with van der Waals surface area (Å²) in [6.07, 6.45) is 0.456. The van der Waals surface area contributed by atoms with Crippen LogP contribution in [0.25, 0.3) is 0 Å². The van der Waals surface area contributed by atoms with Crippen LogP contribution in [0.4, 0.5) is 4.39 Å². The van der Waals surface area contributed by atoms with Crippen LogP contribution < -0.4 is 10.5 Å². The Morgan fingerprint density at radius 2 is 1.95 bits per heavy atom. The molecule has 3 N–H and O–H groups in total. The van der Waals surface area contributed by atoms with Gasteiger partial charge in [0.15, 0.2) is 11.6 Å². The van der Waals surface area contributed by atoms with Crippen molar-refractivity contribution in [1.82, 2.24) is 0 Å². The van der Waals surface area contributed by atoms with Crippen LogP contribution in [0.3, 0.4) is 0 Å². The van der Waals surface area contributed by atoms with Gasteiger partial charge in [0.25, 0.3) is 0 Å². The highest BCUT2D eigenvalue weighted by atomic mass is 19.1. The van der Waals surface area contributed by atoms with Crippen LogP contribution in [-0.2, 0) is 6.42 Å². The SMILES string of the molecule is C[C@H](N)c1cccc(F)c1Oc1ccccc1CCO. The predicted octanol–water partition coefficient (Wildman–Crippen LogP) is 3.17. The molecule has 20 heavy (non-hydrogen) atoms. The third-order valence-corrected chi connectivity index (χ3v) is 3.05. The van der Waals surface area contributed by atoms with Crippen LogP contribution in [0.5, 0.6) is 11.5 Å². The van der Waals surface area contributed by atoms with Gasteiger partial charge in [-0.25, -0.2) is 4.39 Å². The average molecular weight is 275 g/mol. The Kier molecular flexibility index (Phi) is 4.71. The fourth-order valence-electron chi connectivity index (χ4n) is 2.03. The normalized spacial score (nSPS) is 12.2. The maximum Gasteiger partial charge on any atom is 0.167 e. The summed E-state index contributed by atoms with van der Waals surface area (Å²) in [5, 5.41) is 9.06. The van der Waals surface area contributed by atoms with Gasteiger partial charge < -0.3 is 15.6 Å². The van der Waals surface area contributed by atoms with Gasteiger partial charge in [-0.1, -0.05) is 30.3 Å². The zero-order chi connectivity index (χ0) is 14.5. The van der Waals surface area contributed by atoms with Crippen molar-refractivity contribution in [3.63, 3.8) is 0 Å². The first-order valence-corrected chi connectivity index (χ1v) is 6.54. The first-order valence-electron chi connectivity index (χ1n) is 6.54. The highest BCUT2D eigenvalue weighted by Gasteiger charge is 2.15. The summed E-state index contributed by atoms with van der Waals surface area (Å²) in [6.45, 7) is 1.79. The lowest BCUT2D eigenvalue weighted by Gasteiger charge is -2.16. The van der Waals surface area contributed by atoms with Crippen LogP contribution >= 0.6 is 0 Å². The van der Waals surface area contributed by atoms with Crippen molar-refractivity contribution in [2.75, 3.05) is 6.61 Å². The lowest BCUT2D eigenvalue weighted by atomic mass is 10.1. The second kappa shape index (κ2) is 6.50. The molecule has 0 radical (unpaired) electrons. The van der Waals surface area contributed by atoms with Crippen LogP contribution in [0.15, 0.2) is 42.5 Å². The first-order chi connectivity index (χ1) is 9.63. The lowest BCUT2D eigenvalue weighted by Crippen LogP contribution is -2.08. The van der Waals surface area contributed by atoms with Gasteiger partial charge in [-0.15, -0.1) is 0 Å². The molecule has 0 amide bonds. The molecule has 0 unspecified atom stereocenters. The second-order valence-corrected chi connectivity index (χ2v) is 4.63. The number of aliphatic hydroxyl groups is 1. The molecule has 0 fully saturated rings. The molecule has 0 heterocycles. The van der Waals surface area contributed by atoms with E-state index in [-0.39, 0.29) is 18.4 Å². The van der Waals surface area contributed by atoms with Crippen LogP contribution in [-0.4, -0.2) is 11.7 Å². The van der Waals surface area contributed by atoms with Crippen molar-refractivity contribution < 1.29 is 14.2 Å². The van der Waals surface area contributed by atoms with Gasteiger partial charge >= 0.3 is 0 Å². The third-order valence-electron chi connectivity index (χ3n) is 3.05. The molecule has 1 atom stereocenters. The van der Waals surface area contributed by atoms with Crippen LogP contribution in [0.1, 0.15) is 24.1 Å². The summed E-state index contributed by atoms with van der Waals surface area (Å²) in [4.78, 5) is 0. The summed E-state index contributed by atoms with van der Waals surface area (Å²) in [5.74, 6) is 0.236. The van der Waals surface area contributed by atoms with Gasteiger partial charge in [-0.3, -0.25) is 0 Å². The molecule has 106 valence electrons. The molecule has 0 aliphatic rings. The van der Waals surface area contributed by atoms with E-state index in [4.69, 9.17) is 15.6 Å². The van der Waals surface area contributed by atoms with Crippen molar-refractivity contribution in [3.05, 3.63) is 59.4 Å². The number of aliphatic hydroxyl groups excluding tert-OH is 1. The summed E-state index contributed by atoms with van der Waals surface area (Å²) >= 11 is 0. The minimum absolute atomic E-state index is 0.0117. The van der Waals surface area contributed by atoms with Gasteiger partial charge in [0, 0.05) is 18.2 Å². The number of halogens is 1. The molecular weight excluding hydrogens is 257 g/mol. The number of hydrogen-bond acceptors (Lipinski definition) is 3. The van der Waals surface area contributed by atoms with E-state index in [9.17, 15) is 4.39 Å². The highest BCUT2D eigenvalue weighted by molar-refractivity contribution is 5.43. The van der Waals surface area contributed by atoms with E-state index < -0.39 is 5.82 Å². The van der Waals surface area contributed by atoms with Crippen LogP contribution in [0, 0.1) is 5.82 Å². The van der Waals surface area contributed by atoms with Crippen LogP contribution in [0.2, 0.25) is 0 Å². The lowest BCUT2D eigenvalue weighted by molar-refractivity contribution is 0.297. The van der Waals surface area contributed by atoms with Gasteiger partial charge in [0.05, 0.1) is 0 Å². The van der Waals surface area contributed by atoms with E-state index in [0.29, 0.717) is 17.7 Å². The van der Waals surface area contributed by atoms with Gasteiger partial charge in [-0.2, -0.15) is 0 Å². The maximum atomic E-state index is 14.0. The Morgan fingerprint density at radius 3 is 2.65 bits per heavy atom. The van der Waals surface area contributed by atoms with Crippen molar-refractivity contribution in [1.29, 1.82) is 0 Å². The number of benzene rings is 2. The molecule has 0 spiro atoms. The first kappa shape index (κ1) is 14.5. The van der Waals surface area contributed by atoms with E-state index in [1.807, 2.05) is 18.2 Å². The number of nitrogens with two attached hydrogens (primary N) is 1. The van der Waals surface area contributed by atoms with E-state index in [2.05, 4.69) is 0 Å². The molecule has 4 heteroatoms. The third kappa shape index (κ3) is 3.15. The predicted molar refractivity (Wildman–Crippen MR) is 76.3 cm³/mol. The Bertz CT molecular complexity index is 584. The Balaban J connectivity index is 2.40. The summed E-state index contributed by atoms with van der Waals surface area (Å²) in [5.41, 5.74) is 7.29. The number of para-hydroxylation sites is 2. The molecule has 2 rings (SSSR count). The smallest absolute Gasteiger partial charge is 0.167 e.